The van der Waals surface area contributed by atoms with Crippen molar-refractivity contribution < 1.29 is 14.6 Å². The maximum Gasteiger partial charge on any atom is 0.254 e. The lowest BCUT2D eigenvalue weighted by Crippen LogP contribution is -2.45. The summed E-state index contributed by atoms with van der Waals surface area (Å²) in [5.74, 6) is 0.0428. The Morgan fingerprint density at radius 2 is 2.00 bits per heavy atom. The van der Waals surface area contributed by atoms with Crippen molar-refractivity contribution in [3.05, 3.63) is 35.4 Å². The normalized spacial score (nSPS) is 18.2. The molecule has 1 aromatic carbocycles. The van der Waals surface area contributed by atoms with Gasteiger partial charge in [0.1, 0.15) is 0 Å². The maximum absolute atomic E-state index is 12.3. The second-order valence-electron chi connectivity index (χ2n) is 4.62. The summed E-state index contributed by atoms with van der Waals surface area (Å²) in [5, 5.41) is 8.91. The van der Waals surface area contributed by atoms with E-state index in [1.54, 1.807) is 4.90 Å². The average molecular weight is 279 g/mol. The predicted octanol–water partition coefficient (Wildman–Crippen LogP) is 2.24. The Morgan fingerprint density at radius 1 is 1.35 bits per heavy atom. The molecule has 0 aliphatic carbocycles. The summed E-state index contributed by atoms with van der Waals surface area (Å²) in [5.41, 5.74) is 1.86. The molecule has 1 unspecified atom stereocenters. The van der Waals surface area contributed by atoms with E-state index in [1.165, 1.54) is 0 Å². The number of benzene rings is 1. The Balaban J connectivity index is 0.000000956. The molecule has 1 fully saturated rings. The van der Waals surface area contributed by atoms with Crippen molar-refractivity contribution in [1.82, 2.24) is 4.90 Å². The van der Waals surface area contributed by atoms with E-state index in [2.05, 4.69) is 0 Å². The third-order valence-electron chi connectivity index (χ3n) is 3.18. The van der Waals surface area contributed by atoms with Gasteiger partial charge < -0.3 is 14.7 Å². The number of hydrogen-bond acceptors (Lipinski definition) is 3. The molecule has 1 saturated heterocycles. The number of nitrogens with zero attached hydrogens (tertiary/aromatic N) is 1. The Kier molecular flexibility index (Phi) is 7.26. The number of hydrogen-bond donors (Lipinski definition) is 1. The molecule has 0 bridgehead atoms. The van der Waals surface area contributed by atoms with Crippen molar-refractivity contribution in [2.75, 3.05) is 26.3 Å². The first-order chi connectivity index (χ1) is 9.70. The fourth-order valence-corrected chi connectivity index (χ4v) is 2.10. The van der Waals surface area contributed by atoms with Crippen LogP contribution in [0.25, 0.3) is 0 Å². The molecule has 0 spiro atoms. The number of carbonyl (C=O) groups is 1. The summed E-state index contributed by atoms with van der Waals surface area (Å²) in [4.78, 5) is 14.1. The van der Waals surface area contributed by atoms with Crippen LogP contribution in [-0.2, 0) is 4.74 Å². The van der Waals surface area contributed by atoms with Crippen molar-refractivity contribution in [3.63, 3.8) is 0 Å². The highest BCUT2D eigenvalue weighted by Crippen LogP contribution is 2.13. The fourth-order valence-electron chi connectivity index (χ4n) is 2.10. The van der Waals surface area contributed by atoms with Gasteiger partial charge in [0, 0.05) is 25.3 Å². The van der Waals surface area contributed by atoms with Crippen LogP contribution in [0.4, 0.5) is 0 Å². The molecule has 2 rings (SSSR count). The Morgan fingerprint density at radius 3 is 2.60 bits per heavy atom. The lowest BCUT2D eigenvalue weighted by Gasteiger charge is -2.32. The van der Waals surface area contributed by atoms with Crippen LogP contribution in [0.3, 0.4) is 0 Å². The zero-order valence-corrected chi connectivity index (χ0v) is 12.6. The van der Waals surface area contributed by atoms with Gasteiger partial charge in [-0.05, 0) is 25.5 Å². The first kappa shape index (κ1) is 16.7. The van der Waals surface area contributed by atoms with Gasteiger partial charge in [-0.25, -0.2) is 0 Å². The fraction of sp³-hybridized carbons (Fsp3) is 0.562. The number of morpholine rings is 1. The van der Waals surface area contributed by atoms with Crippen LogP contribution in [0.5, 0.6) is 0 Å². The monoisotopic (exact) mass is 279 g/mol. The maximum atomic E-state index is 12.3. The van der Waals surface area contributed by atoms with Gasteiger partial charge in [0.05, 0.1) is 12.7 Å². The number of rotatable bonds is 3. The van der Waals surface area contributed by atoms with Crippen LogP contribution < -0.4 is 0 Å². The van der Waals surface area contributed by atoms with E-state index in [4.69, 9.17) is 9.84 Å². The lowest BCUT2D eigenvalue weighted by molar-refractivity contribution is -0.0307. The molecule has 0 aromatic heterocycles. The van der Waals surface area contributed by atoms with Crippen molar-refractivity contribution in [2.45, 2.75) is 33.3 Å². The molecule has 1 amide bonds. The Bertz CT molecular complexity index is 401. The van der Waals surface area contributed by atoms with Crippen LogP contribution in [0.2, 0.25) is 0 Å². The minimum atomic E-state index is -0.0434. The molecule has 112 valence electrons. The van der Waals surface area contributed by atoms with Crippen molar-refractivity contribution in [1.29, 1.82) is 0 Å². The van der Waals surface area contributed by atoms with Crippen LogP contribution in [0, 0.1) is 6.92 Å². The van der Waals surface area contributed by atoms with Crippen LogP contribution in [-0.4, -0.2) is 48.3 Å². The highest BCUT2D eigenvalue weighted by Gasteiger charge is 2.24. The standard InChI is InChI=1S/C14H19NO3.C2H6/c1-11-2-4-12(5-3-11)14(17)15-7-9-18-13(10-15)6-8-16;1-2/h2-5,13,16H,6-10H2,1H3;1-2H3. The number of ether oxygens (including phenoxy) is 1. The minimum Gasteiger partial charge on any atom is -0.396 e. The van der Waals surface area contributed by atoms with E-state index >= 15 is 0 Å². The van der Waals surface area contributed by atoms with Crippen LogP contribution in [0.15, 0.2) is 24.3 Å². The summed E-state index contributed by atoms with van der Waals surface area (Å²) >= 11 is 0. The molecule has 4 nitrogen and oxygen atoms in total. The smallest absolute Gasteiger partial charge is 0.254 e. The molecular formula is C16H25NO3. The molecule has 4 heteroatoms. The molecule has 1 heterocycles. The topological polar surface area (TPSA) is 49.8 Å². The van der Waals surface area contributed by atoms with E-state index in [9.17, 15) is 4.79 Å². The van der Waals surface area contributed by atoms with E-state index in [0.29, 0.717) is 31.7 Å². The third-order valence-corrected chi connectivity index (χ3v) is 3.18. The molecule has 1 aliphatic rings. The van der Waals surface area contributed by atoms with Gasteiger partial charge in [-0.3, -0.25) is 4.79 Å². The second-order valence-corrected chi connectivity index (χ2v) is 4.62. The molecule has 1 aliphatic heterocycles. The molecule has 1 aromatic rings. The number of carbonyl (C=O) groups excluding carboxylic acids is 1. The summed E-state index contributed by atoms with van der Waals surface area (Å²) in [6, 6.07) is 7.60. The summed E-state index contributed by atoms with van der Waals surface area (Å²) in [6.45, 7) is 7.82. The highest BCUT2D eigenvalue weighted by atomic mass is 16.5. The molecule has 0 saturated carbocycles. The van der Waals surface area contributed by atoms with E-state index in [-0.39, 0.29) is 18.6 Å². The van der Waals surface area contributed by atoms with Crippen molar-refractivity contribution in [2.24, 2.45) is 0 Å². The summed E-state index contributed by atoms with van der Waals surface area (Å²) < 4.78 is 5.50. The van der Waals surface area contributed by atoms with Crippen LogP contribution in [0.1, 0.15) is 36.2 Å². The molecule has 1 N–H and O–H groups in total. The average Bonchev–Trinajstić information content (AvgIpc) is 2.50. The number of aryl methyl sites for hydroxylation is 1. The van der Waals surface area contributed by atoms with Gasteiger partial charge >= 0.3 is 0 Å². The van der Waals surface area contributed by atoms with E-state index in [0.717, 1.165) is 5.56 Å². The van der Waals surface area contributed by atoms with Crippen molar-refractivity contribution >= 4 is 5.91 Å². The van der Waals surface area contributed by atoms with Gasteiger partial charge in [0.2, 0.25) is 0 Å². The van der Waals surface area contributed by atoms with Gasteiger partial charge in [0.15, 0.2) is 0 Å². The van der Waals surface area contributed by atoms with Gasteiger partial charge in [-0.15, -0.1) is 0 Å². The van der Waals surface area contributed by atoms with Crippen molar-refractivity contribution in [3.8, 4) is 0 Å². The first-order valence-corrected chi connectivity index (χ1v) is 7.29. The van der Waals surface area contributed by atoms with Gasteiger partial charge in [0.25, 0.3) is 5.91 Å². The molecule has 1 atom stereocenters. The van der Waals surface area contributed by atoms with E-state index < -0.39 is 0 Å². The summed E-state index contributed by atoms with van der Waals surface area (Å²) in [7, 11) is 0. The van der Waals surface area contributed by atoms with E-state index in [1.807, 2.05) is 45.0 Å². The van der Waals surface area contributed by atoms with Gasteiger partial charge in [-0.1, -0.05) is 31.5 Å². The lowest BCUT2D eigenvalue weighted by atomic mass is 10.1. The number of aliphatic hydroxyl groups is 1. The second kappa shape index (κ2) is 8.72. The van der Waals surface area contributed by atoms with Gasteiger partial charge in [-0.2, -0.15) is 0 Å². The SMILES string of the molecule is CC.Cc1ccc(C(=O)N2CCOC(CCO)C2)cc1. The zero-order chi connectivity index (χ0) is 15.0. The molecule has 0 radical (unpaired) electrons. The summed E-state index contributed by atoms with van der Waals surface area (Å²) in [6.07, 6.45) is 0.538. The van der Waals surface area contributed by atoms with Crippen LogP contribution >= 0.6 is 0 Å². The third kappa shape index (κ3) is 4.62. The number of aliphatic hydroxyl groups excluding tert-OH is 1. The highest BCUT2D eigenvalue weighted by molar-refractivity contribution is 5.94. The quantitative estimate of drug-likeness (QED) is 0.923. The Hall–Kier alpha value is -1.39. The number of amides is 1. The molecule has 20 heavy (non-hydrogen) atoms. The Labute approximate surface area is 121 Å². The largest absolute Gasteiger partial charge is 0.396 e. The zero-order valence-electron chi connectivity index (χ0n) is 12.6. The minimum absolute atomic E-state index is 0.0428. The predicted molar refractivity (Wildman–Crippen MR) is 79.9 cm³/mol. The molecular weight excluding hydrogens is 254 g/mol. The first-order valence-electron chi connectivity index (χ1n) is 7.29.